The zero-order chi connectivity index (χ0) is 14.9. The van der Waals surface area contributed by atoms with Gasteiger partial charge in [0.15, 0.2) is 9.84 Å². The van der Waals surface area contributed by atoms with Gasteiger partial charge in [-0.25, -0.2) is 8.42 Å². The molecule has 1 aliphatic heterocycles. The maximum absolute atomic E-state index is 11.7. The van der Waals surface area contributed by atoms with Crippen LogP contribution < -0.4 is 10.6 Å². The Morgan fingerprint density at radius 1 is 1.33 bits per heavy atom. The molecule has 1 amide bonds. The molecule has 2 N–H and O–H groups in total. The minimum absolute atomic E-state index is 0.0348. The predicted octanol–water partition coefficient (Wildman–Crippen LogP) is 0.151. The fourth-order valence-electron chi connectivity index (χ4n) is 2.55. The first-order valence-electron chi connectivity index (χ1n) is 7.29. The van der Waals surface area contributed by atoms with Gasteiger partial charge < -0.3 is 10.6 Å². The summed E-state index contributed by atoms with van der Waals surface area (Å²) in [6.07, 6.45) is 7.03. The summed E-state index contributed by atoms with van der Waals surface area (Å²) in [6, 6.07) is 0.278. The minimum Gasteiger partial charge on any atom is -0.379 e. The van der Waals surface area contributed by atoms with Crippen LogP contribution in [0.4, 0.5) is 5.69 Å². The highest BCUT2D eigenvalue weighted by molar-refractivity contribution is 7.91. The Balaban J connectivity index is 1.53. The number of carbonyl (C=O) groups excluding carboxylic acids is 1. The molecule has 116 valence electrons. The molecule has 1 saturated heterocycles. The van der Waals surface area contributed by atoms with Crippen LogP contribution in [0.1, 0.15) is 25.7 Å². The van der Waals surface area contributed by atoms with E-state index in [0.29, 0.717) is 12.5 Å². The van der Waals surface area contributed by atoms with Crippen LogP contribution in [0.15, 0.2) is 12.4 Å². The van der Waals surface area contributed by atoms with E-state index < -0.39 is 9.84 Å². The number of anilines is 1. The summed E-state index contributed by atoms with van der Waals surface area (Å²) in [7, 11) is -2.92. The van der Waals surface area contributed by atoms with Crippen LogP contribution in [0.3, 0.4) is 0 Å². The number of sulfone groups is 1. The number of amides is 1. The Labute approximate surface area is 124 Å². The lowest BCUT2D eigenvalue weighted by atomic mass is 10.2. The first kappa shape index (κ1) is 14.4. The van der Waals surface area contributed by atoms with Crippen LogP contribution in [-0.4, -0.2) is 47.7 Å². The molecule has 1 aliphatic carbocycles. The maximum atomic E-state index is 11.7. The molecule has 1 atom stereocenters. The molecule has 0 radical (unpaired) electrons. The smallest absolute Gasteiger partial charge is 0.241 e. The first-order chi connectivity index (χ1) is 10.00. The maximum Gasteiger partial charge on any atom is 0.241 e. The molecule has 2 fully saturated rings. The third-order valence-corrected chi connectivity index (χ3v) is 5.54. The molecule has 1 saturated carbocycles. The van der Waals surface area contributed by atoms with Crippen LogP contribution >= 0.6 is 0 Å². The van der Waals surface area contributed by atoms with Crippen molar-refractivity contribution in [3.05, 3.63) is 12.4 Å². The highest BCUT2D eigenvalue weighted by Crippen LogP contribution is 2.19. The van der Waals surface area contributed by atoms with Crippen molar-refractivity contribution in [2.75, 3.05) is 16.8 Å². The third-order valence-electron chi connectivity index (χ3n) is 3.72. The standard InChI is InChI=1S/C13H20N4O3S/c18-13(16-10-3-4-10)8-17-7-12(6-14-17)15-11-2-1-5-21(19,20)9-11/h6-7,10-11,15H,1-5,8-9H2,(H,16,18). The van der Waals surface area contributed by atoms with Crippen LogP contribution in [0.25, 0.3) is 0 Å². The summed E-state index contributed by atoms with van der Waals surface area (Å²) in [5.74, 6) is 0.416. The summed E-state index contributed by atoms with van der Waals surface area (Å²) >= 11 is 0. The first-order valence-corrected chi connectivity index (χ1v) is 9.11. The molecule has 2 heterocycles. The molecule has 8 heteroatoms. The van der Waals surface area contributed by atoms with Gasteiger partial charge in [-0.3, -0.25) is 9.48 Å². The van der Waals surface area contributed by atoms with Gasteiger partial charge in [-0.05, 0) is 25.7 Å². The van der Waals surface area contributed by atoms with Gasteiger partial charge in [-0.15, -0.1) is 0 Å². The molecule has 2 aliphatic rings. The van der Waals surface area contributed by atoms with E-state index in [9.17, 15) is 13.2 Å². The monoisotopic (exact) mass is 312 g/mol. The molecule has 7 nitrogen and oxygen atoms in total. The number of nitrogens with zero attached hydrogens (tertiary/aromatic N) is 2. The Hall–Kier alpha value is -1.57. The molecular weight excluding hydrogens is 292 g/mol. The van der Waals surface area contributed by atoms with Gasteiger partial charge >= 0.3 is 0 Å². The van der Waals surface area contributed by atoms with E-state index in [1.54, 1.807) is 17.1 Å². The molecule has 1 unspecified atom stereocenters. The summed E-state index contributed by atoms with van der Waals surface area (Å²) < 4.78 is 24.8. The predicted molar refractivity (Wildman–Crippen MR) is 78.7 cm³/mol. The van der Waals surface area contributed by atoms with Crippen molar-refractivity contribution in [1.82, 2.24) is 15.1 Å². The number of hydrogen-bond donors (Lipinski definition) is 2. The van der Waals surface area contributed by atoms with Gasteiger partial charge in [0, 0.05) is 18.3 Å². The summed E-state index contributed by atoms with van der Waals surface area (Å²) in [5, 5.41) is 10.2. The molecule has 0 aromatic carbocycles. The molecule has 3 rings (SSSR count). The lowest BCUT2D eigenvalue weighted by Crippen LogP contribution is -2.34. The number of rotatable bonds is 5. The van der Waals surface area contributed by atoms with Crippen LogP contribution in [0.2, 0.25) is 0 Å². The van der Waals surface area contributed by atoms with E-state index >= 15 is 0 Å². The Morgan fingerprint density at radius 3 is 2.86 bits per heavy atom. The van der Waals surface area contributed by atoms with Gasteiger partial charge in [0.2, 0.25) is 5.91 Å². The summed E-state index contributed by atoms with van der Waals surface area (Å²) in [6.45, 7) is 0.196. The van der Waals surface area contributed by atoms with Crippen LogP contribution in [-0.2, 0) is 21.2 Å². The van der Waals surface area contributed by atoms with Gasteiger partial charge in [0.1, 0.15) is 6.54 Å². The molecule has 1 aromatic heterocycles. The number of nitrogens with one attached hydrogen (secondary N) is 2. The van der Waals surface area contributed by atoms with Crippen molar-refractivity contribution in [2.24, 2.45) is 0 Å². The zero-order valence-corrected chi connectivity index (χ0v) is 12.6. The normalized spacial score (nSPS) is 24.5. The topological polar surface area (TPSA) is 93.1 Å². The summed E-state index contributed by atoms with van der Waals surface area (Å²) in [4.78, 5) is 11.7. The van der Waals surface area contributed by atoms with Crippen LogP contribution in [0.5, 0.6) is 0 Å². The molecule has 21 heavy (non-hydrogen) atoms. The highest BCUT2D eigenvalue weighted by Gasteiger charge is 2.25. The zero-order valence-electron chi connectivity index (χ0n) is 11.8. The molecule has 1 aromatic rings. The van der Waals surface area contributed by atoms with Gasteiger partial charge in [0.25, 0.3) is 0 Å². The van der Waals surface area contributed by atoms with Gasteiger partial charge in [0.05, 0.1) is 23.4 Å². The van der Waals surface area contributed by atoms with E-state index in [2.05, 4.69) is 15.7 Å². The molecule has 0 bridgehead atoms. The average Bonchev–Trinajstić information content (AvgIpc) is 3.08. The van der Waals surface area contributed by atoms with E-state index in [1.807, 2.05) is 0 Å². The Kier molecular flexibility index (Phi) is 3.88. The largest absolute Gasteiger partial charge is 0.379 e. The van der Waals surface area contributed by atoms with Crippen molar-refractivity contribution in [3.63, 3.8) is 0 Å². The van der Waals surface area contributed by atoms with E-state index in [4.69, 9.17) is 0 Å². The van der Waals surface area contributed by atoms with Gasteiger partial charge in [-0.2, -0.15) is 5.10 Å². The Morgan fingerprint density at radius 2 is 2.14 bits per heavy atom. The average molecular weight is 312 g/mol. The van der Waals surface area contributed by atoms with Crippen molar-refractivity contribution in [1.29, 1.82) is 0 Å². The van der Waals surface area contributed by atoms with E-state index in [0.717, 1.165) is 24.9 Å². The van der Waals surface area contributed by atoms with Crippen molar-refractivity contribution in [2.45, 2.75) is 44.3 Å². The second-order valence-corrected chi connectivity index (χ2v) is 8.09. The molecule has 0 spiro atoms. The van der Waals surface area contributed by atoms with Crippen molar-refractivity contribution >= 4 is 21.4 Å². The SMILES string of the molecule is O=C(Cn1cc(NC2CCCS(=O)(=O)C2)cn1)NC1CC1. The Bertz CT molecular complexity index is 621. The highest BCUT2D eigenvalue weighted by atomic mass is 32.2. The second kappa shape index (κ2) is 5.67. The summed E-state index contributed by atoms with van der Waals surface area (Å²) in [5.41, 5.74) is 0.760. The van der Waals surface area contributed by atoms with Crippen LogP contribution in [0, 0.1) is 0 Å². The lowest BCUT2D eigenvalue weighted by Gasteiger charge is -2.23. The van der Waals surface area contributed by atoms with Crippen molar-refractivity contribution < 1.29 is 13.2 Å². The number of hydrogen-bond acceptors (Lipinski definition) is 5. The van der Waals surface area contributed by atoms with Crippen molar-refractivity contribution in [3.8, 4) is 0 Å². The fourth-order valence-corrected chi connectivity index (χ4v) is 4.18. The number of carbonyl (C=O) groups is 1. The fraction of sp³-hybridized carbons (Fsp3) is 0.692. The lowest BCUT2D eigenvalue weighted by molar-refractivity contribution is -0.122. The second-order valence-electron chi connectivity index (χ2n) is 5.87. The van der Waals surface area contributed by atoms with Gasteiger partial charge in [-0.1, -0.05) is 0 Å². The molecular formula is C13H20N4O3S. The number of aromatic nitrogens is 2. The quantitative estimate of drug-likeness (QED) is 0.807. The minimum atomic E-state index is -2.92. The third kappa shape index (κ3) is 4.20. The van der Waals surface area contributed by atoms with E-state index in [1.165, 1.54) is 0 Å². The van der Waals surface area contributed by atoms with E-state index in [-0.39, 0.29) is 30.0 Å².